The largest absolute Gasteiger partial charge is 0.404 e. The minimum atomic E-state index is -4.08. The van der Waals surface area contributed by atoms with E-state index in [1.165, 1.54) is 11.8 Å². The summed E-state index contributed by atoms with van der Waals surface area (Å²) in [5, 5.41) is 2.37. The number of rotatable bonds is 2. The van der Waals surface area contributed by atoms with Crippen LogP contribution in [0.15, 0.2) is 0 Å². The molecule has 72 valence electrons. The number of alkyl halides is 3. The molecule has 0 radical (unpaired) electrons. The van der Waals surface area contributed by atoms with Crippen LogP contribution in [0.3, 0.4) is 0 Å². The van der Waals surface area contributed by atoms with Gasteiger partial charge in [-0.1, -0.05) is 13.8 Å². The molecule has 1 aliphatic heterocycles. The van der Waals surface area contributed by atoms with Crippen molar-refractivity contribution in [2.45, 2.75) is 36.6 Å². The van der Waals surface area contributed by atoms with Gasteiger partial charge in [0.15, 0.2) is 0 Å². The molecule has 1 unspecified atom stereocenters. The topological polar surface area (TPSA) is 12.0 Å². The van der Waals surface area contributed by atoms with Crippen LogP contribution in [0.2, 0.25) is 0 Å². The summed E-state index contributed by atoms with van der Waals surface area (Å²) in [7, 11) is 0. The van der Waals surface area contributed by atoms with Crippen LogP contribution in [0.1, 0.15) is 13.8 Å². The van der Waals surface area contributed by atoms with E-state index in [-0.39, 0.29) is 10.5 Å². The summed E-state index contributed by atoms with van der Waals surface area (Å²) >= 11 is 1.39. The van der Waals surface area contributed by atoms with E-state index in [2.05, 4.69) is 5.32 Å². The van der Waals surface area contributed by atoms with E-state index in [1.807, 2.05) is 13.8 Å². The van der Waals surface area contributed by atoms with Crippen LogP contribution in [0.5, 0.6) is 0 Å². The zero-order valence-electron chi connectivity index (χ0n) is 6.98. The maximum atomic E-state index is 12.1. The first-order valence-corrected chi connectivity index (χ1v) is 4.81. The van der Waals surface area contributed by atoms with Gasteiger partial charge in [0.25, 0.3) is 0 Å². The SMILES string of the molecule is CC(C)S[C@@H]1CNC1C(F)(F)F. The summed E-state index contributed by atoms with van der Waals surface area (Å²) in [5.41, 5.74) is 0. The lowest BCUT2D eigenvalue weighted by Gasteiger charge is -2.39. The van der Waals surface area contributed by atoms with Crippen molar-refractivity contribution >= 4 is 11.8 Å². The molecule has 1 fully saturated rings. The molecule has 0 spiro atoms. The Morgan fingerprint density at radius 2 is 2.00 bits per heavy atom. The molecule has 0 bridgehead atoms. The molecule has 12 heavy (non-hydrogen) atoms. The molecule has 1 rings (SSSR count). The Morgan fingerprint density at radius 3 is 2.25 bits per heavy atom. The van der Waals surface area contributed by atoms with Gasteiger partial charge in [-0.3, -0.25) is 0 Å². The third-order valence-electron chi connectivity index (χ3n) is 1.71. The Morgan fingerprint density at radius 1 is 1.42 bits per heavy atom. The molecule has 0 aliphatic carbocycles. The highest BCUT2D eigenvalue weighted by Gasteiger charge is 2.50. The Kier molecular flexibility index (Phi) is 2.93. The summed E-state index contributed by atoms with van der Waals surface area (Å²) in [4.78, 5) is 0. The fourth-order valence-electron chi connectivity index (χ4n) is 1.13. The van der Waals surface area contributed by atoms with Crippen molar-refractivity contribution in [2.24, 2.45) is 0 Å². The van der Waals surface area contributed by atoms with Crippen LogP contribution in [-0.4, -0.2) is 29.3 Å². The molecule has 0 aromatic rings. The van der Waals surface area contributed by atoms with Crippen molar-refractivity contribution in [3.8, 4) is 0 Å². The summed E-state index contributed by atoms with van der Waals surface area (Å²) in [5.74, 6) is 0. The molecule has 1 N–H and O–H groups in total. The van der Waals surface area contributed by atoms with Crippen molar-refractivity contribution in [1.29, 1.82) is 0 Å². The molecule has 2 atom stereocenters. The summed E-state index contributed by atoms with van der Waals surface area (Å²) in [6.07, 6.45) is -4.08. The van der Waals surface area contributed by atoms with Crippen LogP contribution in [-0.2, 0) is 0 Å². The summed E-state index contributed by atoms with van der Waals surface area (Å²) in [6, 6.07) is -1.29. The lowest BCUT2D eigenvalue weighted by molar-refractivity contribution is -0.167. The highest BCUT2D eigenvalue weighted by molar-refractivity contribution is 8.00. The van der Waals surface area contributed by atoms with Gasteiger partial charge in [-0.25, -0.2) is 0 Å². The second-order valence-electron chi connectivity index (χ2n) is 3.15. The second-order valence-corrected chi connectivity index (χ2v) is 4.97. The van der Waals surface area contributed by atoms with E-state index in [9.17, 15) is 13.2 Å². The lowest BCUT2D eigenvalue weighted by Crippen LogP contribution is -2.63. The lowest BCUT2D eigenvalue weighted by atomic mass is 10.1. The van der Waals surface area contributed by atoms with Gasteiger partial charge >= 0.3 is 6.18 Å². The van der Waals surface area contributed by atoms with Crippen LogP contribution in [0.25, 0.3) is 0 Å². The molecule has 1 aliphatic rings. The number of halogens is 3. The Labute approximate surface area is 74.1 Å². The quantitative estimate of drug-likeness (QED) is 0.730. The van der Waals surface area contributed by atoms with Crippen LogP contribution >= 0.6 is 11.8 Å². The number of thioether (sulfide) groups is 1. The third-order valence-corrected chi connectivity index (χ3v) is 3.04. The van der Waals surface area contributed by atoms with Crippen LogP contribution in [0.4, 0.5) is 13.2 Å². The van der Waals surface area contributed by atoms with Crippen molar-refractivity contribution in [1.82, 2.24) is 5.32 Å². The van der Waals surface area contributed by atoms with Crippen LogP contribution < -0.4 is 5.32 Å². The van der Waals surface area contributed by atoms with Gasteiger partial charge < -0.3 is 5.32 Å². The normalized spacial score (nSPS) is 30.5. The van der Waals surface area contributed by atoms with Gasteiger partial charge in [0, 0.05) is 11.8 Å². The minimum Gasteiger partial charge on any atom is -0.304 e. The highest BCUT2D eigenvalue weighted by Crippen LogP contribution is 2.34. The Balaban J connectivity index is 2.39. The van der Waals surface area contributed by atoms with E-state index >= 15 is 0 Å². The molecular weight excluding hydrogens is 187 g/mol. The number of hydrogen-bond acceptors (Lipinski definition) is 2. The monoisotopic (exact) mass is 199 g/mol. The van der Waals surface area contributed by atoms with E-state index in [4.69, 9.17) is 0 Å². The van der Waals surface area contributed by atoms with Crippen molar-refractivity contribution in [3.63, 3.8) is 0 Å². The highest BCUT2D eigenvalue weighted by atomic mass is 32.2. The molecule has 5 heteroatoms. The molecule has 0 saturated carbocycles. The van der Waals surface area contributed by atoms with Crippen molar-refractivity contribution in [3.05, 3.63) is 0 Å². The van der Waals surface area contributed by atoms with E-state index < -0.39 is 12.2 Å². The molecule has 0 aromatic heterocycles. The van der Waals surface area contributed by atoms with Gasteiger partial charge in [0.1, 0.15) is 6.04 Å². The van der Waals surface area contributed by atoms with Gasteiger partial charge in [-0.05, 0) is 5.25 Å². The first kappa shape index (κ1) is 10.2. The molecule has 0 amide bonds. The Hall–Kier alpha value is 0.100. The van der Waals surface area contributed by atoms with E-state index in [0.717, 1.165) is 0 Å². The first-order chi connectivity index (χ1) is 5.41. The van der Waals surface area contributed by atoms with Gasteiger partial charge in [-0.2, -0.15) is 24.9 Å². The Bertz CT molecular complexity index is 157. The van der Waals surface area contributed by atoms with E-state index in [0.29, 0.717) is 6.54 Å². The first-order valence-electron chi connectivity index (χ1n) is 3.87. The predicted molar refractivity (Wildman–Crippen MR) is 44.4 cm³/mol. The maximum Gasteiger partial charge on any atom is 0.404 e. The fraction of sp³-hybridized carbons (Fsp3) is 1.00. The molecule has 0 aromatic carbocycles. The summed E-state index contributed by atoms with van der Waals surface area (Å²) in [6.45, 7) is 4.31. The average Bonchev–Trinajstić information content (AvgIpc) is 1.75. The number of nitrogens with one attached hydrogen (secondary N) is 1. The maximum absolute atomic E-state index is 12.1. The summed E-state index contributed by atoms with van der Waals surface area (Å²) < 4.78 is 36.4. The number of hydrogen-bond donors (Lipinski definition) is 1. The average molecular weight is 199 g/mol. The van der Waals surface area contributed by atoms with E-state index in [1.54, 1.807) is 0 Å². The molecule has 1 nitrogen and oxygen atoms in total. The van der Waals surface area contributed by atoms with Crippen molar-refractivity contribution in [2.75, 3.05) is 6.54 Å². The van der Waals surface area contributed by atoms with Gasteiger partial charge in [0.05, 0.1) is 0 Å². The standard InChI is InChI=1S/C7H12F3NS/c1-4(2)12-5-3-11-6(5)7(8,9)10/h4-6,11H,3H2,1-2H3/t5-,6?/m1/s1. The predicted octanol–water partition coefficient (Wildman–Crippen LogP) is 2.03. The van der Waals surface area contributed by atoms with Crippen LogP contribution in [0, 0.1) is 0 Å². The zero-order valence-corrected chi connectivity index (χ0v) is 7.80. The minimum absolute atomic E-state index is 0.266. The van der Waals surface area contributed by atoms with Gasteiger partial charge in [-0.15, -0.1) is 0 Å². The third kappa shape index (κ3) is 2.29. The van der Waals surface area contributed by atoms with Crippen molar-refractivity contribution < 1.29 is 13.2 Å². The molecule has 1 saturated heterocycles. The fourth-order valence-corrected chi connectivity index (χ4v) is 2.43. The van der Waals surface area contributed by atoms with Gasteiger partial charge in [0.2, 0.25) is 0 Å². The smallest absolute Gasteiger partial charge is 0.304 e. The molecular formula is C7H12F3NS. The zero-order chi connectivity index (χ0) is 9.35. The molecule has 1 heterocycles. The second kappa shape index (κ2) is 3.46.